The number of nitrogens with two attached hydrogens (primary N) is 2. The lowest BCUT2D eigenvalue weighted by molar-refractivity contribution is -0.130. The van der Waals surface area contributed by atoms with E-state index in [-0.39, 0.29) is 42.3 Å². The molecule has 3 aromatic carbocycles. The summed E-state index contributed by atoms with van der Waals surface area (Å²) in [7, 11) is -4.09. The van der Waals surface area contributed by atoms with Gasteiger partial charge in [0.1, 0.15) is 23.7 Å². The Morgan fingerprint density at radius 2 is 1.38 bits per heavy atom. The summed E-state index contributed by atoms with van der Waals surface area (Å²) in [6.07, 6.45) is 1.33. The van der Waals surface area contributed by atoms with Gasteiger partial charge in [0, 0.05) is 30.6 Å². The third-order valence-electron chi connectivity index (χ3n) is 7.34. The quantitative estimate of drug-likeness (QED) is 0.0446. The molecule has 0 radical (unpaired) electrons. The minimum absolute atomic E-state index is 0.0303. The van der Waals surface area contributed by atoms with Crippen molar-refractivity contribution >= 4 is 44.9 Å². The van der Waals surface area contributed by atoms with E-state index in [9.17, 15) is 31.6 Å². The fraction of sp³-hybridized carbons (Fsp3) is 0.265. The van der Waals surface area contributed by atoms with E-state index in [4.69, 9.17) is 11.5 Å². The summed E-state index contributed by atoms with van der Waals surface area (Å²) < 4.78 is 57.4. The van der Waals surface area contributed by atoms with E-state index < -0.39 is 69.6 Å². The Morgan fingerprint density at radius 3 is 1.98 bits per heavy atom. The highest BCUT2D eigenvalue weighted by Gasteiger charge is 2.32. The standard InChI is InChI=1S/C34H37F2N7O5S2/c35-25-16-24(17-26(36)20-25)19-28(31(45)41-27(12-7-13-40-34(37)38)30(44)33-39-14-15-49-33)42-32(46)29(18-22-8-3-1-4-9-22)43-50(47,48)21-23-10-5-2-6-11-23/h1-6,8-11,14-17,20,27-29,43H,7,12-13,18-19,21H2,(H,41,45)(H,42,46)(H4,37,38,40)/t27-,28-,29+/m0/s1. The predicted molar refractivity (Wildman–Crippen MR) is 186 cm³/mol. The van der Waals surface area contributed by atoms with Gasteiger partial charge in [-0.2, -0.15) is 0 Å². The second-order valence-electron chi connectivity index (χ2n) is 11.4. The number of nitrogens with one attached hydrogen (secondary N) is 3. The van der Waals surface area contributed by atoms with E-state index in [1.165, 1.54) is 6.20 Å². The number of carbonyl (C=O) groups is 3. The number of hydrogen-bond donors (Lipinski definition) is 5. The minimum Gasteiger partial charge on any atom is -0.370 e. The molecule has 50 heavy (non-hydrogen) atoms. The topological polar surface area (TPSA) is 199 Å². The van der Waals surface area contributed by atoms with Gasteiger partial charge in [-0.3, -0.25) is 19.4 Å². The highest BCUT2D eigenvalue weighted by atomic mass is 32.2. The van der Waals surface area contributed by atoms with Gasteiger partial charge in [-0.15, -0.1) is 11.3 Å². The number of aliphatic imine (C=N–C) groups is 1. The molecule has 0 aliphatic heterocycles. The highest BCUT2D eigenvalue weighted by molar-refractivity contribution is 7.88. The number of hydrogen-bond acceptors (Lipinski definition) is 8. The number of ketones is 1. The molecule has 3 atom stereocenters. The van der Waals surface area contributed by atoms with Gasteiger partial charge in [0.2, 0.25) is 27.6 Å². The summed E-state index contributed by atoms with van der Waals surface area (Å²) in [5, 5.41) is 6.94. The molecular weight excluding hydrogens is 689 g/mol. The summed E-state index contributed by atoms with van der Waals surface area (Å²) in [5.41, 5.74) is 11.9. The van der Waals surface area contributed by atoms with Crippen LogP contribution in [0.3, 0.4) is 0 Å². The van der Waals surface area contributed by atoms with Crippen LogP contribution in [-0.4, -0.2) is 61.6 Å². The molecular formula is C34H37F2N7O5S2. The van der Waals surface area contributed by atoms with Gasteiger partial charge in [0.25, 0.3) is 0 Å². The van der Waals surface area contributed by atoms with E-state index in [1.807, 2.05) is 0 Å². The molecule has 16 heteroatoms. The zero-order valence-electron chi connectivity index (χ0n) is 26.8. The lowest BCUT2D eigenvalue weighted by Gasteiger charge is -2.25. The number of nitrogens with zero attached hydrogens (tertiary/aromatic N) is 2. The lowest BCUT2D eigenvalue weighted by atomic mass is 10.0. The largest absolute Gasteiger partial charge is 0.370 e. The Morgan fingerprint density at radius 1 is 0.800 bits per heavy atom. The van der Waals surface area contributed by atoms with Crippen LogP contribution in [0.4, 0.5) is 8.78 Å². The van der Waals surface area contributed by atoms with Crippen molar-refractivity contribution in [2.45, 2.75) is 49.6 Å². The molecule has 264 valence electrons. The van der Waals surface area contributed by atoms with Crippen molar-refractivity contribution in [3.05, 3.63) is 124 Å². The summed E-state index contributed by atoms with van der Waals surface area (Å²) in [6.45, 7) is 0.160. The zero-order chi connectivity index (χ0) is 36.1. The highest BCUT2D eigenvalue weighted by Crippen LogP contribution is 2.15. The minimum atomic E-state index is -4.09. The molecule has 0 bridgehead atoms. The number of amides is 2. The smallest absolute Gasteiger partial charge is 0.243 e. The molecule has 1 heterocycles. The zero-order valence-corrected chi connectivity index (χ0v) is 28.4. The van der Waals surface area contributed by atoms with Gasteiger partial charge in [0.05, 0.1) is 11.8 Å². The van der Waals surface area contributed by atoms with Crippen molar-refractivity contribution < 1.29 is 31.6 Å². The molecule has 4 rings (SSSR count). The SMILES string of the molecule is NC(N)=NCCC[C@H](NC(=O)[C@H](Cc1cc(F)cc(F)c1)NC(=O)[C@@H](Cc1ccccc1)NS(=O)(=O)Cc1ccccc1)C(=O)c1nccs1. The van der Waals surface area contributed by atoms with Crippen LogP contribution < -0.4 is 26.8 Å². The fourth-order valence-electron chi connectivity index (χ4n) is 5.07. The number of thiazole rings is 1. The fourth-order valence-corrected chi connectivity index (χ4v) is 7.04. The van der Waals surface area contributed by atoms with E-state index in [0.717, 1.165) is 23.5 Å². The second kappa shape index (κ2) is 18.1. The van der Waals surface area contributed by atoms with Crippen LogP contribution in [0, 0.1) is 11.6 Å². The molecule has 12 nitrogen and oxygen atoms in total. The molecule has 1 aromatic heterocycles. The van der Waals surface area contributed by atoms with Gasteiger partial charge < -0.3 is 22.1 Å². The number of carbonyl (C=O) groups excluding carboxylic acids is 3. The Hall–Kier alpha value is -5.06. The van der Waals surface area contributed by atoms with Crippen LogP contribution in [0.25, 0.3) is 0 Å². The molecule has 7 N–H and O–H groups in total. The second-order valence-corrected chi connectivity index (χ2v) is 14.0. The first-order chi connectivity index (χ1) is 23.9. The van der Waals surface area contributed by atoms with Gasteiger partial charge in [-0.05, 0) is 48.1 Å². The average Bonchev–Trinajstić information content (AvgIpc) is 3.60. The first-order valence-corrected chi connectivity index (χ1v) is 18.0. The molecule has 0 aliphatic rings. The van der Waals surface area contributed by atoms with E-state index >= 15 is 0 Å². The first-order valence-electron chi connectivity index (χ1n) is 15.5. The molecule has 0 aliphatic carbocycles. The van der Waals surface area contributed by atoms with Crippen molar-refractivity contribution in [3.63, 3.8) is 0 Å². The van der Waals surface area contributed by atoms with Crippen molar-refractivity contribution in [2.24, 2.45) is 16.5 Å². The number of sulfonamides is 1. The van der Waals surface area contributed by atoms with Gasteiger partial charge in [-0.1, -0.05) is 60.7 Å². The van der Waals surface area contributed by atoms with Gasteiger partial charge >= 0.3 is 0 Å². The normalized spacial score (nSPS) is 13.1. The summed E-state index contributed by atoms with van der Waals surface area (Å²) in [6, 6.07) is 15.7. The van der Waals surface area contributed by atoms with Crippen LogP contribution >= 0.6 is 11.3 Å². The summed E-state index contributed by atoms with van der Waals surface area (Å²) in [4.78, 5) is 49.1. The summed E-state index contributed by atoms with van der Waals surface area (Å²) in [5.74, 6) is -4.61. The molecule has 0 fully saturated rings. The summed E-state index contributed by atoms with van der Waals surface area (Å²) >= 11 is 1.07. The maximum absolute atomic E-state index is 14.2. The van der Waals surface area contributed by atoms with Crippen molar-refractivity contribution in [1.82, 2.24) is 20.3 Å². The molecule has 0 unspecified atom stereocenters. The molecule has 2 amide bonds. The predicted octanol–water partition coefficient (Wildman–Crippen LogP) is 2.60. The van der Waals surface area contributed by atoms with Crippen LogP contribution in [0.2, 0.25) is 0 Å². The number of aromatic nitrogens is 1. The van der Waals surface area contributed by atoms with Gasteiger partial charge in [-0.25, -0.2) is 26.9 Å². The van der Waals surface area contributed by atoms with E-state index in [0.29, 0.717) is 17.2 Å². The van der Waals surface area contributed by atoms with E-state index in [1.54, 1.807) is 66.0 Å². The van der Waals surface area contributed by atoms with Crippen molar-refractivity contribution in [1.29, 1.82) is 0 Å². The number of guanidine groups is 1. The Bertz CT molecular complexity index is 1860. The maximum Gasteiger partial charge on any atom is 0.243 e. The van der Waals surface area contributed by atoms with Gasteiger partial charge in [0.15, 0.2) is 11.0 Å². The molecule has 0 spiro atoms. The van der Waals surface area contributed by atoms with Crippen molar-refractivity contribution in [2.75, 3.05) is 6.54 Å². The molecule has 0 saturated carbocycles. The van der Waals surface area contributed by atoms with E-state index in [2.05, 4.69) is 25.3 Å². The Balaban J connectivity index is 1.62. The van der Waals surface area contributed by atoms with Crippen LogP contribution in [0.15, 0.2) is 95.4 Å². The van der Waals surface area contributed by atoms with Crippen LogP contribution in [0.1, 0.15) is 39.3 Å². The monoisotopic (exact) mass is 725 g/mol. The average molecular weight is 726 g/mol. The maximum atomic E-state index is 14.2. The van der Waals surface area contributed by atoms with Crippen LogP contribution in [0.5, 0.6) is 0 Å². The van der Waals surface area contributed by atoms with Crippen LogP contribution in [-0.2, 0) is 38.2 Å². The number of benzene rings is 3. The Kier molecular flexibility index (Phi) is 13.7. The third-order valence-corrected chi connectivity index (χ3v) is 9.48. The Labute approximate surface area is 292 Å². The third kappa shape index (κ3) is 12.1. The number of Topliss-reactive ketones (excluding diaryl/α,β-unsaturated/α-hetero) is 1. The first kappa shape index (κ1) is 37.8. The van der Waals surface area contributed by atoms with Crippen molar-refractivity contribution in [3.8, 4) is 0 Å². The number of rotatable bonds is 18. The lowest BCUT2D eigenvalue weighted by Crippen LogP contribution is -2.57. The molecule has 4 aromatic rings. The number of halogens is 2. The molecule has 0 saturated heterocycles.